The Labute approximate surface area is 187 Å². The highest BCUT2D eigenvalue weighted by molar-refractivity contribution is 7.17. The van der Waals surface area contributed by atoms with Crippen LogP contribution < -0.4 is 10.6 Å². The van der Waals surface area contributed by atoms with Crippen LogP contribution in [0.2, 0.25) is 0 Å². The van der Waals surface area contributed by atoms with E-state index in [4.69, 9.17) is 4.74 Å². The normalized spacial score (nSPS) is 16.9. The van der Waals surface area contributed by atoms with Crippen LogP contribution in [0.4, 0.5) is 22.6 Å². The van der Waals surface area contributed by atoms with Crippen molar-refractivity contribution in [1.29, 1.82) is 0 Å². The van der Waals surface area contributed by atoms with Crippen LogP contribution in [0.1, 0.15) is 71.3 Å². The molecule has 1 aromatic carbocycles. The number of alkyl halides is 3. The van der Waals surface area contributed by atoms with E-state index in [1.54, 1.807) is 6.92 Å². The Balaban J connectivity index is 2.09. The number of nitrogens with one attached hydrogen (secondary N) is 2. The molecule has 3 rings (SSSR count). The number of thiophene rings is 1. The van der Waals surface area contributed by atoms with E-state index in [0.717, 1.165) is 28.3 Å². The summed E-state index contributed by atoms with van der Waals surface area (Å²) in [7, 11) is 0. The summed E-state index contributed by atoms with van der Waals surface area (Å²) in [4.78, 5) is 26.3. The fraction of sp³-hybridized carbons (Fsp3) is 0.455. The van der Waals surface area contributed by atoms with Crippen LogP contribution in [0, 0.1) is 5.82 Å². The van der Waals surface area contributed by atoms with E-state index in [0.29, 0.717) is 18.1 Å². The first-order chi connectivity index (χ1) is 14.7. The quantitative estimate of drug-likeness (QED) is 0.456. The predicted octanol–water partition coefficient (Wildman–Crippen LogP) is 5.49. The fourth-order valence-corrected chi connectivity index (χ4v) is 5.39. The summed E-state index contributed by atoms with van der Waals surface area (Å²) in [6, 6.07) is 2.49. The zero-order valence-corrected chi connectivity index (χ0v) is 19.1. The van der Waals surface area contributed by atoms with E-state index in [-0.39, 0.29) is 22.7 Å². The monoisotopic (exact) mass is 472 g/mol. The van der Waals surface area contributed by atoms with Gasteiger partial charge in [-0.2, -0.15) is 13.2 Å². The topological polar surface area (TPSA) is 67.4 Å². The summed E-state index contributed by atoms with van der Waals surface area (Å²) in [5, 5.41) is 6.04. The molecule has 0 radical (unpaired) electrons. The average Bonchev–Trinajstić information content (AvgIpc) is 2.97. The maximum Gasteiger partial charge on any atom is 0.419 e. The smallest absolute Gasteiger partial charge is 0.419 e. The standard InChI is InChI=1S/C22H24F4N2O3S/c1-6-31-19(30)14-12-10-20(2,3)28-21(4,5)16(12)32-18(14)27-17(29)11-8-7-9-13(15(11)23)22(24,25)26/h7-9,28H,6,10H2,1-5H3,(H,27,29). The first kappa shape index (κ1) is 24.2. The number of amides is 1. The molecule has 5 nitrogen and oxygen atoms in total. The Morgan fingerprint density at radius 1 is 1.22 bits per heavy atom. The summed E-state index contributed by atoms with van der Waals surface area (Å²) in [6.45, 7) is 9.54. The van der Waals surface area contributed by atoms with Crippen LogP contribution in [-0.2, 0) is 22.9 Å². The van der Waals surface area contributed by atoms with Crippen LogP contribution in [0.15, 0.2) is 18.2 Å². The molecule has 0 saturated carbocycles. The molecule has 32 heavy (non-hydrogen) atoms. The minimum Gasteiger partial charge on any atom is -0.462 e. The predicted molar refractivity (Wildman–Crippen MR) is 114 cm³/mol. The lowest BCUT2D eigenvalue weighted by Gasteiger charge is -2.42. The summed E-state index contributed by atoms with van der Waals surface area (Å²) >= 11 is 1.12. The van der Waals surface area contributed by atoms with Gasteiger partial charge in [0.25, 0.3) is 5.91 Å². The third kappa shape index (κ3) is 4.52. The SMILES string of the molecule is CCOC(=O)c1c(NC(=O)c2cccc(C(F)(F)F)c2F)sc2c1CC(C)(C)NC2(C)C. The van der Waals surface area contributed by atoms with Gasteiger partial charge in [0.05, 0.1) is 23.3 Å². The number of carbonyl (C=O) groups excluding carboxylic acids is 2. The lowest BCUT2D eigenvalue weighted by Crippen LogP contribution is -2.55. The minimum atomic E-state index is -4.94. The summed E-state index contributed by atoms with van der Waals surface area (Å²) < 4.78 is 58.8. The van der Waals surface area contributed by atoms with Gasteiger partial charge in [0.15, 0.2) is 0 Å². The van der Waals surface area contributed by atoms with E-state index in [2.05, 4.69) is 10.6 Å². The average molecular weight is 473 g/mol. The van der Waals surface area contributed by atoms with Crippen LogP contribution >= 0.6 is 11.3 Å². The lowest BCUT2D eigenvalue weighted by atomic mass is 9.81. The van der Waals surface area contributed by atoms with Crippen LogP contribution in [0.5, 0.6) is 0 Å². The molecular weight excluding hydrogens is 448 g/mol. The molecule has 1 aromatic heterocycles. The molecule has 2 heterocycles. The molecule has 0 saturated heterocycles. The highest BCUT2D eigenvalue weighted by Crippen LogP contribution is 2.45. The molecule has 0 bridgehead atoms. The Bertz CT molecular complexity index is 1070. The summed E-state index contributed by atoms with van der Waals surface area (Å²) in [5.74, 6) is -3.40. The van der Waals surface area contributed by atoms with E-state index in [1.165, 1.54) is 0 Å². The number of carbonyl (C=O) groups is 2. The van der Waals surface area contributed by atoms with E-state index in [1.807, 2.05) is 27.7 Å². The molecule has 174 valence electrons. The summed E-state index contributed by atoms with van der Waals surface area (Å²) in [5.41, 5.74) is -2.37. The van der Waals surface area contributed by atoms with Crippen molar-refractivity contribution in [3.63, 3.8) is 0 Å². The third-order valence-corrected chi connectivity index (χ3v) is 6.57. The second kappa shape index (κ2) is 8.15. The van der Waals surface area contributed by atoms with Gasteiger partial charge in [0.1, 0.15) is 10.8 Å². The van der Waals surface area contributed by atoms with Crippen molar-refractivity contribution in [3.05, 3.63) is 51.1 Å². The van der Waals surface area contributed by atoms with Crippen LogP contribution in [0.25, 0.3) is 0 Å². The van der Waals surface area contributed by atoms with Gasteiger partial charge in [0, 0.05) is 16.0 Å². The molecule has 2 N–H and O–H groups in total. The molecule has 1 aliphatic heterocycles. The first-order valence-electron chi connectivity index (χ1n) is 9.97. The Morgan fingerprint density at radius 3 is 2.47 bits per heavy atom. The minimum absolute atomic E-state index is 0.101. The summed E-state index contributed by atoms with van der Waals surface area (Å²) in [6.07, 6.45) is -4.48. The molecule has 10 heteroatoms. The van der Waals surface area contributed by atoms with Crippen molar-refractivity contribution < 1.29 is 31.9 Å². The molecule has 1 aliphatic rings. The second-order valence-corrected chi connectivity index (χ2v) is 9.78. The molecule has 2 aromatic rings. The number of hydrogen-bond acceptors (Lipinski definition) is 5. The number of hydrogen-bond donors (Lipinski definition) is 2. The van der Waals surface area contributed by atoms with Crippen molar-refractivity contribution in [2.75, 3.05) is 11.9 Å². The Hall–Kier alpha value is -2.46. The third-order valence-electron chi connectivity index (χ3n) is 5.10. The van der Waals surface area contributed by atoms with Crippen molar-refractivity contribution >= 4 is 28.2 Å². The highest BCUT2D eigenvalue weighted by atomic mass is 32.1. The van der Waals surface area contributed by atoms with Gasteiger partial charge in [-0.05, 0) is 58.7 Å². The van der Waals surface area contributed by atoms with Crippen LogP contribution in [0.3, 0.4) is 0 Å². The van der Waals surface area contributed by atoms with Crippen molar-refractivity contribution in [2.24, 2.45) is 0 Å². The van der Waals surface area contributed by atoms with Gasteiger partial charge in [-0.15, -0.1) is 11.3 Å². The molecule has 0 atom stereocenters. The number of benzene rings is 1. The van der Waals surface area contributed by atoms with Crippen molar-refractivity contribution in [1.82, 2.24) is 5.32 Å². The molecular formula is C22H24F4N2O3S. The Morgan fingerprint density at radius 2 is 1.88 bits per heavy atom. The highest BCUT2D eigenvalue weighted by Gasteiger charge is 2.42. The van der Waals surface area contributed by atoms with Gasteiger partial charge in [-0.1, -0.05) is 6.07 Å². The molecule has 0 aliphatic carbocycles. The maximum atomic E-state index is 14.5. The number of fused-ring (bicyclic) bond motifs is 1. The fourth-order valence-electron chi connectivity index (χ4n) is 4.13. The second-order valence-electron chi connectivity index (χ2n) is 8.76. The zero-order chi connectivity index (χ0) is 24.1. The van der Waals surface area contributed by atoms with Crippen LogP contribution in [-0.4, -0.2) is 24.0 Å². The Kier molecular flexibility index (Phi) is 6.16. The van der Waals surface area contributed by atoms with Gasteiger partial charge in [0.2, 0.25) is 0 Å². The van der Waals surface area contributed by atoms with E-state index < -0.39 is 40.5 Å². The van der Waals surface area contributed by atoms with E-state index in [9.17, 15) is 27.2 Å². The molecule has 1 amide bonds. The molecule has 0 fully saturated rings. The number of esters is 1. The number of halogens is 4. The van der Waals surface area contributed by atoms with Gasteiger partial charge >= 0.3 is 12.1 Å². The van der Waals surface area contributed by atoms with Crippen molar-refractivity contribution in [2.45, 2.75) is 58.3 Å². The molecule has 0 unspecified atom stereocenters. The number of ether oxygens (including phenoxy) is 1. The molecule has 0 spiro atoms. The lowest BCUT2D eigenvalue weighted by molar-refractivity contribution is -0.140. The largest absolute Gasteiger partial charge is 0.462 e. The number of anilines is 1. The zero-order valence-electron chi connectivity index (χ0n) is 18.3. The van der Waals surface area contributed by atoms with Gasteiger partial charge < -0.3 is 15.4 Å². The van der Waals surface area contributed by atoms with Gasteiger partial charge in [-0.3, -0.25) is 4.79 Å². The van der Waals surface area contributed by atoms with E-state index >= 15 is 0 Å². The van der Waals surface area contributed by atoms with Gasteiger partial charge in [-0.25, -0.2) is 9.18 Å². The number of rotatable bonds is 4. The first-order valence-corrected chi connectivity index (χ1v) is 10.8. The van der Waals surface area contributed by atoms with Crippen molar-refractivity contribution in [3.8, 4) is 0 Å². The maximum absolute atomic E-state index is 14.5.